The number of carbonyl (C=O) groups excluding carboxylic acids is 2. The maximum absolute atomic E-state index is 11.4. The van der Waals surface area contributed by atoms with E-state index < -0.39 is 36.4 Å². The fourth-order valence-electron chi connectivity index (χ4n) is 5.62. The van der Waals surface area contributed by atoms with Gasteiger partial charge in [-0.05, 0) is 126 Å². The number of nitrogen functional groups attached to an aromatic ring is 3. The Morgan fingerprint density at radius 2 is 1.17 bits per heavy atom. The lowest BCUT2D eigenvalue weighted by Crippen LogP contribution is -2.46. The van der Waals surface area contributed by atoms with Gasteiger partial charge in [-0.3, -0.25) is 21.2 Å². The number of esters is 2. The quantitative estimate of drug-likeness (QED) is 0.0232. The molecular weight excluding hydrogens is 957 g/mol. The van der Waals surface area contributed by atoms with Gasteiger partial charge >= 0.3 is 11.9 Å². The van der Waals surface area contributed by atoms with E-state index >= 15 is 0 Å². The fourth-order valence-corrected chi connectivity index (χ4v) is 7.58. The summed E-state index contributed by atoms with van der Waals surface area (Å²) >= 11 is 14.4. The fraction of sp³-hybridized carbons (Fsp3) is 0.302. The summed E-state index contributed by atoms with van der Waals surface area (Å²) in [5.41, 5.74) is 19.3. The average molecular weight is 1020 g/mol. The van der Waals surface area contributed by atoms with Gasteiger partial charge in [0.15, 0.2) is 9.94 Å². The first-order valence-corrected chi connectivity index (χ1v) is 23.4. The number of hydrogen-bond donors (Lipinski definition) is 5. The van der Waals surface area contributed by atoms with Crippen LogP contribution in [-0.2, 0) is 34.5 Å². The number of benzene rings is 2. The topological polar surface area (TPSA) is 292 Å². The van der Waals surface area contributed by atoms with Crippen LogP contribution in [0, 0.1) is 69.2 Å². The number of carbonyl (C=O) groups is 2. The molecule has 4 heterocycles. The van der Waals surface area contributed by atoms with Crippen LogP contribution >= 0.6 is 34.8 Å². The van der Waals surface area contributed by atoms with Crippen molar-refractivity contribution in [3.63, 3.8) is 0 Å². The molecule has 66 heavy (non-hydrogen) atoms. The second-order valence-corrected chi connectivity index (χ2v) is 19.2. The zero-order valence-corrected chi connectivity index (χ0v) is 42.6. The predicted molar refractivity (Wildman–Crippen MR) is 257 cm³/mol. The highest BCUT2D eigenvalue weighted by Crippen LogP contribution is 2.22. The van der Waals surface area contributed by atoms with E-state index in [2.05, 4.69) is 19.8 Å². The van der Waals surface area contributed by atoms with Gasteiger partial charge in [-0.1, -0.05) is 87.2 Å². The third kappa shape index (κ3) is 24.2. The Morgan fingerprint density at radius 3 is 1.52 bits per heavy atom. The van der Waals surface area contributed by atoms with Gasteiger partial charge in [0, 0.05) is 32.3 Å². The smallest absolute Gasteiger partial charge is 0.310 e. The molecule has 6 rings (SSSR count). The number of anilines is 2. The number of ether oxygens (including phenoxy) is 1. The van der Waals surface area contributed by atoms with E-state index in [9.17, 15) is 31.0 Å². The van der Waals surface area contributed by atoms with Crippen LogP contribution in [0.15, 0.2) is 89.0 Å². The monoisotopic (exact) mass is 1010 g/mol. The molecule has 0 amide bonds. The number of aromatic nitrogens is 5. The maximum atomic E-state index is 11.4. The molecule has 0 fully saturated rings. The first kappa shape index (κ1) is 60.5. The molecule has 0 aliphatic heterocycles. The minimum Gasteiger partial charge on any atom is -0.744 e. The van der Waals surface area contributed by atoms with Crippen molar-refractivity contribution in [2.75, 3.05) is 17.3 Å². The summed E-state index contributed by atoms with van der Waals surface area (Å²) in [7, 11) is -8.10. The first-order chi connectivity index (χ1) is 30.3. The number of hydrogen-bond acceptors (Lipinski definition) is 15. The summed E-state index contributed by atoms with van der Waals surface area (Å²) in [5.74, 6) is 6.25. The van der Waals surface area contributed by atoms with Crippen LogP contribution in [0.2, 0.25) is 0 Å². The lowest BCUT2D eigenvalue weighted by molar-refractivity contribution is -0.624. The molecular formula is C43H58Cl3N9O9S2. The second-order valence-electron chi connectivity index (χ2n) is 14.3. The van der Waals surface area contributed by atoms with Crippen molar-refractivity contribution < 1.29 is 45.6 Å². The summed E-state index contributed by atoms with van der Waals surface area (Å²) < 4.78 is 61.7. The van der Waals surface area contributed by atoms with Crippen LogP contribution in [0.4, 0.5) is 11.6 Å². The van der Waals surface area contributed by atoms with Crippen LogP contribution in [-0.4, -0.2) is 62.4 Å². The SMILES string of the molecule is CC(=O)OC(C)=O.Cc1cc(C)c(S(=O)(=O)NO)c(C)c1.Cc1cc(C)c(S(=O)(=O)[O-])c(C)c1.Cc1ccc(N)[n+](N)c1.Cc1ccc(N)nc1.Cc1ccc2nc(C)nn2c1.ClC(Cl)Cl. The molecule has 362 valence electrons. The molecule has 0 aliphatic rings. The molecule has 6 aromatic rings. The van der Waals surface area contributed by atoms with Gasteiger partial charge in [0.2, 0.25) is 0 Å². The van der Waals surface area contributed by atoms with Crippen LogP contribution < -0.4 is 26.9 Å². The van der Waals surface area contributed by atoms with E-state index in [-0.39, 0.29) is 9.79 Å². The molecule has 0 radical (unpaired) electrons. The zero-order valence-electron chi connectivity index (χ0n) is 38.7. The van der Waals surface area contributed by atoms with Gasteiger partial charge in [-0.2, -0.15) is 5.10 Å². The molecule has 0 spiro atoms. The number of nitrogens with zero attached hydrogens (tertiary/aromatic N) is 5. The summed E-state index contributed by atoms with van der Waals surface area (Å²) in [4.78, 5) is 29.1. The molecule has 2 aromatic carbocycles. The molecule has 0 saturated carbocycles. The molecule has 18 nitrogen and oxygen atoms in total. The third-order valence-electron chi connectivity index (χ3n) is 7.81. The maximum Gasteiger partial charge on any atom is 0.310 e. The Hall–Kier alpha value is -5.45. The third-order valence-corrected chi connectivity index (χ3v) is 10.4. The highest BCUT2D eigenvalue weighted by atomic mass is 35.6. The summed E-state index contributed by atoms with van der Waals surface area (Å²) in [6.07, 6.45) is 5.49. The van der Waals surface area contributed by atoms with E-state index in [1.165, 1.54) is 29.0 Å². The first-order valence-electron chi connectivity index (χ1n) is 19.2. The van der Waals surface area contributed by atoms with Crippen molar-refractivity contribution in [1.29, 1.82) is 0 Å². The molecule has 0 aliphatic carbocycles. The van der Waals surface area contributed by atoms with Crippen molar-refractivity contribution >= 4 is 84.2 Å². The Bertz CT molecular complexity index is 2680. The van der Waals surface area contributed by atoms with Crippen molar-refractivity contribution in [2.45, 2.75) is 97.2 Å². The molecule has 23 heteroatoms. The summed E-state index contributed by atoms with van der Waals surface area (Å²) in [6, 6.07) is 18.3. The molecule has 4 aromatic heterocycles. The summed E-state index contributed by atoms with van der Waals surface area (Å²) in [6.45, 7) is 20.6. The highest BCUT2D eigenvalue weighted by Gasteiger charge is 2.18. The van der Waals surface area contributed by atoms with E-state index in [0.29, 0.717) is 33.9 Å². The summed E-state index contributed by atoms with van der Waals surface area (Å²) in [5, 5.41) is 12.7. The Labute approximate surface area is 401 Å². The molecule has 0 atom stereocenters. The Morgan fingerprint density at radius 1 is 0.727 bits per heavy atom. The molecule has 8 N–H and O–H groups in total. The predicted octanol–water partition coefficient (Wildman–Crippen LogP) is 6.77. The number of aryl methyl sites for hydroxylation is 10. The van der Waals surface area contributed by atoms with E-state index in [1.807, 2.05) is 72.0 Å². The number of rotatable bonds is 3. The van der Waals surface area contributed by atoms with E-state index in [1.54, 1.807) is 81.0 Å². The number of pyridine rings is 3. The normalized spacial score (nSPS) is 10.3. The number of nitrogens with two attached hydrogens (primary N) is 3. The van der Waals surface area contributed by atoms with Gasteiger partial charge < -0.3 is 20.2 Å². The molecule has 0 saturated heterocycles. The van der Waals surface area contributed by atoms with Crippen LogP contribution in [0.1, 0.15) is 69.7 Å². The van der Waals surface area contributed by atoms with Gasteiger partial charge in [0.1, 0.15) is 28.0 Å². The lowest BCUT2D eigenvalue weighted by atomic mass is 10.1. The van der Waals surface area contributed by atoms with Crippen molar-refractivity contribution in [3.05, 3.63) is 135 Å². The molecule has 0 unspecified atom stereocenters. The average Bonchev–Trinajstić information content (AvgIpc) is 3.52. The zero-order chi connectivity index (χ0) is 51.3. The number of sulfonamides is 1. The number of alkyl halides is 3. The second kappa shape index (κ2) is 28.6. The van der Waals surface area contributed by atoms with Gasteiger partial charge in [0.05, 0.1) is 9.79 Å². The molecule has 0 bridgehead atoms. The minimum absolute atomic E-state index is 0.0851. The Kier molecular flexibility index (Phi) is 26.2. The lowest BCUT2D eigenvalue weighted by Gasteiger charge is -2.14. The van der Waals surface area contributed by atoms with Gasteiger partial charge in [0.25, 0.3) is 15.8 Å². The van der Waals surface area contributed by atoms with Crippen LogP contribution in [0.3, 0.4) is 0 Å². The van der Waals surface area contributed by atoms with E-state index in [4.69, 9.17) is 57.3 Å². The minimum atomic E-state index is -4.33. The standard InChI is InChI=1S/C9H13NO3S.C9H12O3S.C8H9N3.C6H9N3.C6H8N2.C4H6O3.CHCl3/c1-6-4-7(2)9(8(3)5-6)14(12,13)10-11;1-6-4-7(2)9(8(3)5-6)13(10,11)12;1-6-3-4-8-9-7(2)10-11(8)5-6;1-5-2-3-6(7)9(8)4-5;1-5-2-3-6(7)8-4-5;1-3(5)7-4(2)6;2-1(3)4/h4-5,10-11H,1-3H3;4-5H,1-3H3,(H,10,11,12);3-5H,1-2H3;2-4,7H,8H2,1H3;2-4H,1H3,(H2,7,8);1-2H3;1H. The number of fused-ring (bicyclic) bond motifs is 1. The number of nitrogens with one attached hydrogen (secondary N) is 1. The number of halogens is 3. The van der Waals surface area contributed by atoms with Crippen LogP contribution in [0.25, 0.3) is 5.65 Å². The highest BCUT2D eigenvalue weighted by molar-refractivity contribution is 7.89. The van der Waals surface area contributed by atoms with Crippen molar-refractivity contribution in [2.24, 2.45) is 0 Å². The van der Waals surface area contributed by atoms with Gasteiger partial charge in [-0.15, -0.1) is 4.68 Å². The van der Waals surface area contributed by atoms with E-state index in [0.717, 1.165) is 33.7 Å². The van der Waals surface area contributed by atoms with Crippen molar-refractivity contribution in [3.8, 4) is 0 Å². The largest absolute Gasteiger partial charge is 0.744 e. The Balaban J connectivity index is 0.000000766. The van der Waals surface area contributed by atoms with Gasteiger partial charge in [-0.25, -0.2) is 31.3 Å². The van der Waals surface area contributed by atoms with Crippen molar-refractivity contribution in [1.82, 2.24) is 24.5 Å². The van der Waals surface area contributed by atoms with Crippen LogP contribution in [0.5, 0.6) is 0 Å².